The Morgan fingerprint density at radius 3 is 2.00 bits per heavy atom. The van der Waals surface area contributed by atoms with Crippen molar-refractivity contribution in [3.8, 4) is 0 Å². The molecule has 1 aromatic rings. The van der Waals surface area contributed by atoms with E-state index in [2.05, 4.69) is 5.43 Å². The van der Waals surface area contributed by atoms with Crippen LogP contribution in [0.3, 0.4) is 0 Å². The number of para-hydroxylation sites is 1. The lowest BCUT2D eigenvalue weighted by atomic mass is 12.2. The molecule has 0 aromatic heterocycles. The first-order valence-electron chi connectivity index (χ1n) is 2.45. The highest BCUT2D eigenvalue weighted by Gasteiger charge is 1.78. The number of nitrogen functional groups attached to an aromatic ring is 1. The van der Waals surface area contributed by atoms with Crippen LogP contribution in [-0.2, 0) is 0 Å². The minimum absolute atomic E-state index is 0. The molecule has 50 valence electrons. The number of hydrazine groups is 1. The molecule has 0 fully saturated rings. The van der Waals surface area contributed by atoms with Gasteiger partial charge in [0.25, 0.3) is 0 Å². The smallest absolute Gasteiger partial charge is 0.0485 e. The second kappa shape index (κ2) is 4.18. The highest BCUT2D eigenvalue weighted by molar-refractivity contribution is 5.85. The lowest BCUT2D eigenvalue weighted by molar-refractivity contribution is 1.35. The van der Waals surface area contributed by atoms with E-state index in [1.54, 1.807) is 0 Å². The van der Waals surface area contributed by atoms with E-state index in [-0.39, 0.29) is 12.4 Å². The summed E-state index contributed by atoms with van der Waals surface area (Å²) in [7, 11) is 0. The largest absolute Gasteiger partial charge is 0.324 e. The van der Waals surface area contributed by atoms with Crippen LogP contribution in [0.25, 0.3) is 0 Å². The monoisotopic (exact) mass is 156 g/mol. The maximum absolute atomic E-state index is 5.10. The Balaban J connectivity index is 0.000000640. The van der Waals surface area contributed by atoms with Crippen LogP contribution in [-0.4, -0.2) is 0 Å². The van der Waals surface area contributed by atoms with Gasteiger partial charge in [0.2, 0.25) is 0 Å². The van der Waals surface area contributed by atoms with Gasteiger partial charge < -0.3 is 5.43 Å². The van der Waals surface area contributed by atoms with Crippen molar-refractivity contribution in [1.29, 1.82) is 0 Å². The summed E-state index contributed by atoms with van der Waals surface area (Å²) >= 11 is 0. The maximum Gasteiger partial charge on any atom is 0.0485 e. The van der Waals surface area contributed by atoms with Crippen molar-refractivity contribution < 1.29 is 0 Å². The van der Waals surface area contributed by atoms with Crippen molar-refractivity contribution in [3.05, 3.63) is 30.3 Å². The van der Waals surface area contributed by atoms with E-state index in [0.29, 0.717) is 0 Å². The summed E-state index contributed by atoms with van der Waals surface area (Å²) in [5.41, 5.74) is 3.46. The lowest BCUT2D eigenvalue weighted by Gasteiger charge is -1.94. The van der Waals surface area contributed by atoms with Crippen molar-refractivity contribution >= 4 is 18.1 Å². The molecule has 0 spiro atoms. The van der Waals surface area contributed by atoms with E-state index in [4.69, 9.17) is 5.84 Å². The molecular weight excluding hydrogens is 147 g/mol. The molecule has 1 aromatic carbocycles. The molecule has 0 saturated carbocycles. The van der Waals surface area contributed by atoms with Gasteiger partial charge in [-0.1, -0.05) is 18.2 Å². The first kappa shape index (κ1) is 8.27. The Morgan fingerprint density at radius 1 is 1.11 bits per heavy atom. The molecule has 2 nitrogen and oxygen atoms in total. The highest BCUT2D eigenvalue weighted by Crippen LogP contribution is 2.00. The molecule has 0 atom stereocenters. The summed E-state index contributed by atoms with van der Waals surface area (Å²) in [5, 5.41) is 0. The van der Waals surface area contributed by atoms with E-state index in [1.165, 1.54) is 0 Å². The Labute approximate surface area is 60.4 Å². The van der Waals surface area contributed by atoms with E-state index >= 15 is 0 Å². The Kier molecular flexibility index (Phi) is 3.84. The molecule has 3 heteroatoms. The molecule has 0 aliphatic carbocycles. The Hall–Kier alpha value is -0.730. The molecule has 0 bridgehead atoms. The third-order valence-electron chi connectivity index (χ3n) is 0.940. The van der Waals surface area contributed by atoms with Gasteiger partial charge in [-0.3, -0.25) is 5.84 Å². The molecular formula is C6H9ClN2. The number of rotatable bonds is 1. The van der Waals surface area contributed by atoms with Gasteiger partial charge in [-0.25, -0.2) is 0 Å². The fourth-order valence-electron chi connectivity index (χ4n) is 0.534. The van der Waals surface area contributed by atoms with Crippen molar-refractivity contribution in [2.24, 2.45) is 5.84 Å². The third kappa shape index (κ3) is 2.35. The van der Waals surface area contributed by atoms with Crippen molar-refractivity contribution in [1.82, 2.24) is 0 Å². The SMILES string of the molecule is Cl.NN[14c]1[14cH][14cH][14cH][14cH][14cH]1. The van der Waals surface area contributed by atoms with Crippen LogP contribution in [0.2, 0.25) is 0 Å². The van der Waals surface area contributed by atoms with Gasteiger partial charge in [0.15, 0.2) is 0 Å². The van der Waals surface area contributed by atoms with E-state index in [1.807, 2.05) is 30.3 Å². The van der Waals surface area contributed by atoms with Crippen molar-refractivity contribution in [2.75, 3.05) is 5.43 Å². The fraction of sp³-hybridized carbons (Fsp3) is 0. The quantitative estimate of drug-likeness (QED) is 0.477. The second-order valence-corrected chi connectivity index (χ2v) is 1.51. The van der Waals surface area contributed by atoms with Crippen LogP contribution in [0.1, 0.15) is 0 Å². The van der Waals surface area contributed by atoms with Gasteiger partial charge in [0.05, 0.1) is 0 Å². The molecule has 1 rings (SSSR count). The molecule has 9 heavy (non-hydrogen) atoms. The third-order valence-corrected chi connectivity index (χ3v) is 0.940. The van der Waals surface area contributed by atoms with Crippen LogP contribution in [0.5, 0.6) is 0 Å². The van der Waals surface area contributed by atoms with Gasteiger partial charge in [-0.05, 0) is 12.1 Å². The van der Waals surface area contributed by atoms with Crippen LogP contribution in [0, 0.1) is 0 Å². The normalized spacial score (nSPS) is 7.67. The Bertz CT molecular complexity index is 152. The van der Waals surface area contributed by atoms with E-state index in [0.717, 1.165) is 5.69 Å². The minimum atomic E-state index is 0. The standard InChI is InChI=1S/C6H8N2.ClH/c7-8-6-4-2-1-3-5-6;/h1-5,8H,7H2;1H/i1+2,2+2,3+2,4+2,5+2,6+2;. The number of hydrogen-bond acceptors (Lipinski definition) is 2. The highest BCUT2D eigenvalue weighted by atomic mass is 35.5. The average molecular weight is 157 g/mol. The van der Waals surface area contributed by atoms with Gasteiger partial charge in [-0.15, -0.1) is 12.4 Å². The zero-order valence-corrected chi connectivity index (χ0v) is 5.69. The number of hydrogen-bond donors (Lipinski definition) is 2. The Morgan fingerprint density at radius 2 is 1.67 bits per heavy atom. The number of anilines is 1. The fourth-order valence-corrected chi connectivity index (χ4v) is 0.534. The molecule has 0 heterocycles. The number of nitrogens with two attached hydrogens (primary N) is 1. The summed E-state index contributed by atoms with van der Waals surface area (Å²) in [5.74, 6) is 5.10. The summed E-state index contributed by atoms with van der Waals surface area (Å²) < 4.78 is 0. The molecule has 0 radical (unpaired) electrons. The number of nitrogens with one attached hydrogen (secondary N) is 1. The summed E-state index contributed by atoms with van der Waals surface area (Å²) in [4.78, 5) is 0. The van der Waals surface area contributed by atoms with Gasteiger partial charge in [0.1, 0.15) is 0 Å². The topological polar surface area (TPSA) is 38.0 Å². The van der Waals surface area contributed by atoms with Crippen LogP contribution < -0.4 is 11.3 Å². The summed E-state index contributed by atoms with van der Waals surface area (Å²) in [6, 6.07) is 9.60. The lowest BCUT2D eigenvalue weighted by Crippen LogP contribution is -2.05. The molecule has 0 unspecified atom stereocenters. The van der Waals surface area contributed by atoms with Gasteiger partial charge in [-0.2, -0.15) is 0 Å². The number of benzene rings is 1. The molecule has 3 N–H and O–H groups in total. The maximum atomic E-state index is 5.10. The van der Waals surface area contributed by atoms with Crippen molar-refractivity contribution in [2.45, 2.75) is 0 Å². The molecule has 0 amide bonds. The summed E-state index contributed by atoms with van der Waals surface area (Å²) in [6.07, 6.45) is 0. The second-order valence-electron chi connectivity index (χ2n) is 1.51. The molecule has 0 aliphatic rings. The first-order valence-corrected chi connectivity index (χ1v) is 2.45. The van der Waals surface area contributed by atoms with E-state index < -0.39 is 0 Å². The number of halogens is 1. The predicted octanol–water partition coefficient (Wildman–Crippen LogP) is 1.39. The first-order chi connectivity index (χ1) is 3.93. The van der Waals surface area contributed by atoms with Gasteiger partial charge in [0, 0.05) is 5.69 Å². The van der Waals surface area contributed by atoms with Crippen LogP contribution in [0.15, 0.2) is 30.3 Å². The molecule has 0 saturated heterocycles. The molecule has 0 aliphatic heterocycles. The van der Waals surface area contributed by atoms with E-state index in [9.17, 15) is 0 Å². The van der Waals surface area contributed by atoms with Crippen molar-refractivity contribution in [3.63, 3.8) is 0 Å². The predicted molar refractivity (Wildman–Crippen MR) is 41.5 cm³/mol. The zero-order chi connectivity index (χ0) is 5.82. The average Bonchev–Trinajstić information content (AvgIpc) is 1.90. The van der Waals surface area contributed by atoms with Crippen LogP contribution in [0.4, 0.5) is 5.69 Å². The van der Waals surface area contributed by atoms with Gasteiger partial charge >= 0.3 is 0 Å². The van der Waals surface area contributed by atoms with Crippen LogP contribution >= 0.6 is 12.4 Å². The summed E-state index contributed by atoms with van der Waals surface area (Å²) in [6.45, 7) is 0. The minimum Gasteiger partial charge on any atom is -0.324 e. The zero-order valence-electron chi connectivity index (χ0n) is 4.87.